The highest BCUT2D eigenvalue weighted by Gasteiger charge is 2.05. The van der Waals surface area contributed by atoms with Gasteiger partial charge in [-0.3, -0.25) is 4.90 Å². The van der Waals surface area contributed by atoms with Gasteiger partial charge < -0.3 is 5.32 Å². The first-order valence-corrected chi connectivity index (χ1v) is 3.18. The highest BCUT2D eigenvalue weighted by Crippen LogP contribution is 1.92. The molecule has 0 aliphatic carbocycles. The first-order valence-electron chi connectivity index (χ1n) is 3.18. The lowest BCUT2D eigenvalue weighted by Gasteiger charge is -2.24. The molecule has 0 atom stereocenters. The van der Waals surface area contributed by atoms with Gasteiger partial charge in [0.05, 0.1) is 0 Å². The Bertz CT molecular complexity index is 57.5. The van der Waals surface area contributed by atoms with Crippen LogP contribution in [0.2, 0.25) is 0 Å². The van der Waals surface area contributed by atoms with E-state index in [-0.39, 0.29) is 0 Å². The maximum absolute atomic E-state index is 3.29. The zero-order valence-corrected chi connectivity index (χ0v) is 5.35. The number of rotatable bonds is 1. The third-order valence-electron chi connectivity index (χ3n) is 1.52. The van der Waals surface area contributed by atoms with Crippen molar-refractivity contribution in [2.45, 2.75) is 6.92 Å². The van der Waals surface area contributed by atoms with Gasteiger partial charge in [0, 0.05) is 32.7 Å². The van der Waals surface area contributed by atoms with Gasteiger partial charge >= 0.3 is 0 Å². The Labute approximate surface area is 50.9 Å². The molecular weight excluding hydrogens is 100 g/mol. The molecule has 1 fully saturated rings. The van der Waals surface area contributed by atoms with Gasteiger partial charge in [0.25, 0.3) is 0 Å². The van der Waals surface area contributed by atoms with Crippen LogP contribution >= 0.6 is 0 Å². The van der Waals surface area contributed by atoms with E-state index in [0.717, 1.165) is 13.1 Å². The molecule has 1 N–H and O–H groups in total. The lowest BCUT2D eigenvalue weighted by Crippen LogP contribution is -2.41. The van der Waals surface area contributed by atoms with Gasteiger partial charge in [-0.1, -0.05) is 0 Å². The quantitative estimate of drug-likeness (QED) is 0.518. The predicted molar refractivity (Wildman–Crippen MR) is 34.4 cm³/mol. The molecule has 0 bridgehead atoms. The fourth-order valence-corrected chi connectivity index (χ4v) is 0.940. The van der Waals surface area contributed by atoms with Gasteiger partial charge in [-0.05, 0) is 6.92 Å². The van der Waals surface area contributed by atoms with Crippen LogP contribution in [0.25, 0.3) is 0 Å². The van der Waals surface area contributed by atoms with Gasteiger partial charge in [0.2, 0.25) is 0 Å². The Morgan fingerprint density at radius 1 is 1.38 bits per heavy atom. The maximum atomic E-state index is 3.29. The molecule has 1 aliphatic heterocycles. The lowest BCUT2D eigenvalue weighted by atomic mass is 10.4. The van der Waals surface area contributed by atoms with Crippen LogP contribution in [0.4, 0.5) is 0 Å². The van der Waals surface area contributed by atoms with Gasteiger partial charge in [-0.15, -0.1) is 0 Å². The highest BCUT2D eigenvalue weighted by atomic mass is 15.2. The molecule has 2 heteroatoms. The van der Waals surface area contributed by atoms with Crippen LogP contribution < -0.4 is 5.32 Å². The minimum absolute atomic E-state index is 1.14. The summed E-state index contributed by atoms with van der Waals surface area (Å²) >= 11 is 0. The Morgan fingerprint density at radius 2 is 2.00 bits per heavy atom. The summed E-state index contributed by atoms with van der Waals surface area (Å²) in [6.07, 6.45) is 0. The molecule has 0 aromatic carbocycles. The van der Waals surface area contributed by atoms with Gasteiger partial charge in [-0.25, -0.2) is 0 Å². The van der Waals surface area contributed by atoms with E-state index in [9.17, 15) is 0 Å². The molecule has 1 heterocycles. The highest BCUT2D eigenvalue weighted by molar-refractivity contribution is 4.70. The van der Waals surface area contributed by atoms with Crippen LogP contribution in [0, 0.1) is 6.54 Å². The molecule has 47 valence electrons. The molecule has 2 nitrogen and oxygen atoms in total. The van der Waals surface area contributed by atoms with Crippen LogP contribution in [0.5, 0.6) is 0 Å². The second-order valence-electron chi connectivity index (χ2n) is 2.04. The van der Waals surface area contributed by atoms with E-state index >= 15 is 0 Å². The van der Waals surface area contributed by atoms with Crippen molar-refractivity contribution < 1.29 is 0 Å². The van der Waals surface area contributed by atoms with E-state index < -0.39 is 0 Å². The largest absolute Gasteiger partial charge is 0.314 e. The van der Waals surface area contributed by atoms with Crippen molar-refractivity contribution in [3.63, 3.8) is 0 Å². The Morgan fingerprint density at radius 3 is 2.38 bits per heavy atom. The SMILES string of the molecule is C[CH]N1CCNCC1. The van der Waals surface area contributed by atoms with E-state index in [2.05, 4.69) is 23.7 Å². The molecule has 1 rings (SSSR count). The number of hydrogen-bond acceptors (Lipinski definition) is 2. The van der Waals surface area contributed by atoms with Crippen molar-refractivity contribution in [1.82, 2.24) is 10.2 Å². The normalized spacial score (nSPS) is 23.6. The van der Waals surface area contributed by atoms with Crippen LogP contribution in [-0.2, 0) is 0 Å². The molecule has 0 aromatic rings. The molecular formula is C6H13N2. The van der Waals surface area contributed by atoms with Crippen molar-refractivity contribution >= 4 is 0 Å². The fourth-order valence-electron chi connectivity index (χ4n) is 0.940. The molecule has 0 aromatic heterocycles. The van der Waals surface area contributed by atoms with Gasteiger partial charge in [0.15, 0.2) is 0 Å². The van der Waals surface area contributed by atoms with Crippen LogP contribution in [-0.4, -0.2) is 31.1 Å². The Kier molecular flexibility index (Phi) is 2.30. The molecule has 0 unspecified atom stereocenters. The van der Waals surface area contributed by atoms with Crippen LogP contribution in [0.1, 0.15) is 6.92 Å². The van der Waals surface area contributed by atoms with E-state index in [4.69, 9.17) is 0 Å². The lowest BCUT2D eigenvalue weighted by molar-refractivity contribution is 0.293. The fraction of sp³-hybridized carbons (Fsp3) is 0.833. The Balaban J connectivity index is 2.13. The molecule has 0 saturated carbocycles. The van der Waals surface area contributed by atoms with E-state index in [1.54, 1.807) is 0 Å². The minimum atomic E-state index is 1.14. The molecule has 0 spiro atoms. The van der Waals surface area contributed by atoms with Crippen molar-refractivity contribution in [2.24, 2.45) is 0 Å². The summed E-state index contributed by atoms with van der Waals surface area (Å²) in [5.74, 6) is 0. The predicted octanol–water partition coefficient (Wildman–Crippen LogP) is 0.0733. The van der Waals surface area contributed by atoms with Crippen molar-refractivity contribution in [3.8, 4) is 0 Å². The number of piperazine rings is 1. The van der Waals surface area contributed by atoms with Crippen molar-refractivity contribution in [2.75, 3.05) is 26.2 Å². The second kappa shape index (κ2) is 3.05. The monoisotopic (exact) mass is 113 g/mol. The zero-order chi connectivity index (χ0) is 5.82. The average molecular weight is 113 g/mol. The van der Waals surface area contributed by atoms with Crippen molar-refractivity contribution in [3.05, 3.63) is 6.54 Å². The third kappa shape index (κ3) is 1.46. The summed E-state index contributed by atoms with van der Waals surface area (Å²) in [6, 6.07) is 0. The summed E-state index contributed by atoms with van der Waals surface area (Å²) in [4.78, 5) is 2.33. The summed E-state index contributed by atoms with van der Waals surface area (Å²) < 4.78 is 0. The topological polar surface area (TPSA) is 15.3 Å². The minimum Gasteiger partial charge on any atom is -0.314 e. The van der Waals surface area contributed by atoms with Gasteiger partial charge in [0.1, 0.15) is 0 Å². The van der Waals surface area contributed by atoms with Crippen LogP contribution in [0.15, 0.2) is 0 Å². The molecule has 8 heavy (non-hydrogen) atoms. The molecule has 1 radical (unpaired) electrons. The van der Waals surface area contributed by atoms with Gasteiger partial charge in [-0.2, -0.15) is 0 Å². The second-order valence-corrected chi connectivity index (χ2v) is 2.04. The maximum Gasteiger partial charge on any atom is 0.0221 e. The van der Waals surface area contributed by atoms with Crippen molar-refractivity contribution in [1.29, 1.82) is 0 Å². The smallest absolute Gasteiger partial charge is 0.0221 e. The summed E-state index contributed by atoms with van der Waals surface area (Å²) in [5.41, 5.74) is 0. The number of hydrogen-bond donors (Lipinski definition) is 1. The zero-order valence-electron chi connectivity index (χ0n) is 5.35. The van der Waals surface area contributed by atoms with Crippen LogP contribution in [0.3, 0.4) is 0 Å². The summed E-state index contributed by atoms with van der Waals surface area (Å²) in [7, 11) is 0. The summed E-state index contributed by atoms with van der Waals surface area (Å²) in [5, 5.41) is 3.29. The van der Waals surface area contributed by atoms with E-state index in [1.807, 2.05) is 0 Å². The third-order valence-corrected chi connectivity index (χ3v) is 1.52. The first-order chi connectivity index (χ1) is 3.93. The molecule has 1 aliphatic rings. The molecule has 1 saturated heterocycles. The Hall–Kier alpha value is -0.0800. The van der Waals surface area contributed by atoms with E-state index in [1.165, 1.54) is 13.1 Å². The number of nitrogens with zero attached hydrogens (tertiary/aromatic N) is 1. The average Bonchev–Trinajstić information content (AvgIpc) is 1.90. The summed E-state index contributed by atoms with van der Waals surface area (Å²) in [6.45, 7) is 8.88. The number of nitrogens with one attached hydrogen (secondary N) is 1. The molecule has 0 amide bonds. The standard InChI is InChI=1S/C6H13N2/c1-2-8-5-3-7-4-6-8/h2,7H,3-6H2,1H3. The van der Waals surface area contributed by atoms with E-state index in [0.29, 0.717) is 0 Å². The first kappa shape index (κ1) is 6.05.